The molecule has 2 atom stereocenters. The number of carboxylic acid groups (broad SMARTS) is 1. The largest absolute Gasteiger partial charge is 0.530 e. The highest BCUT2D eigenvalue weighted by Gasteiger charge is 2.52. The number of carbonyl (C=O) groups excluding carboxylic acids is 2. The van der Waals surface area contributed by atoms with Gasteiger partial charge in [0.2, 0.25) is 5.91 Å². The first-order chi connectivity index (χ1) is 19.0. The molecule has 0 aromatic heterocycles. The minimum absolute atomic E-state index is 0.0208. The Morgan fingerprint density at radius 1 is 1.20 bits per heavy atom. The number of rotatable bonds is 9. The van der Waals surface area contributed by atoms with Crippen LogP contribution in [0.2, 0.25) is 0 Å². The van der Waals surface area contributed by atoms with Crippen LogP contribution in [0.25, 0.3) is 0 Å². The summed E-state index contributed by atoms with van der Waals surface area (Å²) >= 11 is 0. The Labute approximate surface area is 233 Å². The van der Waals surface area contributed by atoms with Crippen LogP contribution in [0.4, 0.5) is 33.7 Å². The van der Waals surface area contributed by atoms with Crippen LogP contribution in [0.15, 0.2) is 41.3 Å². The molecule has 0 unspecified atom stereocenters. The smallest absolute Gasteiger partial charge is 0.411 e. The average molecular weight is 603 g/mol. The van der Waals surface area contributed by atoms with Crippen molar-refractivity contribution in [3.8, 4) is 11.5 Å². The molecule has 2 N–H and O–H groups in total. The van der Waals surface area contributed by atoms with Gasteiger partial charge >= 0.3 is 6.18 Å². The van der Waals surface area contributed by atoms with Crippen molar-refractivity contribution in [1.29, 1.82) is 0 Å². The van der Waals surface area contributed by atoms with Gasteiger partial charge in [0.25, 0.3) is 10.0 Å². The number of hydrogen-bond donors (Lipinski definition) is 1. The predicted molar refractivity (Wildman–Crippen MR) is 136 cm³/mol. The number of benzene rings is 2. The third kappa shape index (κ3) is 5.72. The second-order valence-corrected chi connectivity index (χ2v) is 12.3. The predicted octanol–water partition coefficient (Wildman–Crippen LogP) is 3.18. The Balaban J connectivity index is 1.84. The van der Waals surface area contributed by atoms with E-state index < -0.39 is 68.7 Å². The molecule has 41 heavy (non-hydrogen) atoms. The average Bonchev–Trinajstić information content (AvgIpc) is 3.71. The van der Waals surface area contributed by atoms with Gasteiger partial charge in [-0.3, -0.25) is 9.10 Å². The van der Waals surface area contributed by atoms with Crippen LogP contribution in [0.3, 0.4) is 0 Å². The Morgan fingerprint density at radius 2 is 1.85 bits per heavy atom. The van der Waals surface area contributed by atoms with E-state index in [1.54, 1.807) is 0 Å². The standard InChI is InChI=1S/C26H29F4N3O7S/c1-25(2,26(28,29)30)33(24(35)36)15-6-9-21-20(10-15)32(13-16(40-21)11-18(23(31)34)14-4-5-14)41(37,38)17-7-8-19(27)22(12-17)39-3/h6-10,12,14,16,18H,4-5,11,13H2,1-3H3,(H2,31,34)(H,35,36)/p-1/t16-,18-/m0/s1. The molecule has 2 aromatic carbocycles. The number of hydrogen-bond acceptors (Lipinski definition) is 7. The van der Waals surface area contributed by atoms with E-state index in [4.69, 9.17) is 15.2 Å². The lowest BCUT2D eigenvalue weighted by molar-refractivity contribution is -0.254. The first-order valence-corrected chi connectivity index (χ1v) is 14.0. The molecule has 224 valence electrons. The molecule has 0 radical (unpaired) electrons. The molecule has 2 aromatic rings. The highest BCUT2D eigenvalue weighted by molar-refractivity contribution is 7.92. The zero-order chi connectivity index (χ0) is 30.5. The second-order valence-electron chi connectivity index (χ2n) is 10.5. The molecule has 1 saturated carbocycles. The van der Waals surface area contributed by atoms with Crippen molar-refractivity contribution in [2.75, 3.05) is 22.9 Å². The summed E-state index contributed by atoms with van der Waals surface area (Å²) in [7, 11) is -3.42. The number of nitrogens with two attached hydrogens (primary N) is 1. The number of sulfonamides is 1. The summed E-state index contributed by atoms with van der Waals surface area (Å²) in [6.07, 6.45) is -6.49. The first-order valence-electron chi connectivity index (χ1n) is 12.5. The number of methoxy groups -OCH3 is 1. The van der Waals surface area contributed by atoms with E-state index in [2.05, 4.69) is 0 Å². The van der Waals surface area contributed by atoms with Crippen LogP contribution in [0, 0.1) is 17.7 Å². The van der Waals surface area contributed by atoms with Gasteiger partial charge in [-0.05, 0) is 69.4 Å². The molecule has 1 aliphatic heterocycles. The van der Waals surface area contributed by atoms with Crippen LogP contribution in [-0.4, -0.2) is 51.9 Å². The third-order valence-electron chi connectivity index (χ3n) is 7.35. The first kappa shape index (κ1) is 30.2. The van der Waals surface area contributed by atoms with Crippen molar-refractivity contribution >= 4 is 33.4 Å². The van der Waals surface area contributed by atoms with Gasteiger partial charge in [0.05, 0.1) is 24.2 Å². The summed E-state index contributed by atoms with van der Waals surface area (Å²) < 4.78 is 95.0. The molecule has 4 rings (SSSR count). The molecule has 15 heteroatoms. The Bertz CT molecular complexity index is 1460. The van der Waals surface area contributed by atoms with Crippen LogP contribution >= 0.6 is 0 Å². The number of halogens is 4. The summed E-state index contributed by atoms with van der Waals surface area (Å²) in [5.74, 6) is -2.45. The molecule has 0 spiro atoms. The van der Waals surface area contributed by atoms with Crippen molar-refractivity contribution in [3.05, 3.63) is 42.2 Å². The number of primary amides is 1. The van der Waals surface area contributed by atoms with Crippen molar-refractivity contribution < 1.29 is 50.1 Å². The number of fused-ring (bicyclic) bond motifs is 1. The van der Waals surface area contributed by atoms with Crippen LogP contribution in [0.1, 0.15) is 33.1 Å². The summed E-state index contributed by atoms with van der Waals surface area (Å²) in [6, 6.07) is 5.90. The van der Waals surface area contributed by atoms with E-state index in [-0.39, 0.29) is 34.4 Å². The highest BCUT2D eigenvalue weighted by Crippen LogP contribution is 2.45. The van der Waals surface area contributed by atoms with E-state index in [9.17, 15) is 40.7 Å². The van der Waals surface area contributed by atoms with Gasteiger partial charge in [-0.25, -0.2) is 12.8 Å². The summed E-state index contributed by atoms with van der Waals surface area (Å²) in [5, 5.41) is 11.9. The van der Waals surface area contributed by atoms with Gasteiger partial charge in [0.1, 0.15) is 23.5 Å². The lowest BCUT2D eigenvalue weighted by Gasteiger charge is -2.42. The van der Waals surface area contributed by atoms with Crippen molar-refractivity contribution in [2.24, 2.45) is 17.6 Å². The number of carbonyl (C=O) groups is 2. The SMILES string of the molecule is COc1cc(S(=O)(=O)N2C[C@H](C[C@H](C(N)=O)C3CC3)Oc3ccc(N(C(=O)[O-])C(C)(C)C(F)(F)F)cc32)ccc1F. The molecule has 2 amide bonds. The fourth-order valence-electron chi connectivity index (χ4n) is 4.82. The topological polar surface area (TPSA) is 142 Å². The zero-order valence-corrected chi connectivity index (χ0v) is 23.1. The maximum Gasteiger partial charge on any atom is 0.411 e. The minimum Gasteiger partial charge on any atom is -0.530 e. The monoisotopic (exact) mass is 602 g/mol. The van der Waals surface area contributed by atoms with Crippen molar-refractivity contribution in [2.45, 2.75) is 55.8 Å². The molecule has 0 bridgehead atoms. The van der Waals surface area contributed by atoms with E-state index in [1.165, 1.54) is 0 Å². The molecule has 1 fully saturated rings. The number of anilines is 2. The number of nitrogens with zero attached hydrogens (tertiary/aromatic N) is 2. The molecular formula is C26H28F4N3O7S-. The van der Waals surface area contributed by atoms with Crippen molar-refractivity contribution in [1.82, 2.24) is 0 Å². The van der Waals surface area contributed by atoms with Gasteiger partial charge in [0.15, 0.2) is 11.6 Å². The van der Waals surface area contributed by atoms with Gasteiger partial charge in [0, 0.05) is 17.7 Å². The van der Waals surface area contributed by atoms with Gasteiger partial charge < -0.3 is 30.0 Å². The highest BCUT2D eigenvalue weighted by atomic mass is 32.2. The molecule has 2 aliphatic rings. The Kier molecular flexibility index (Phi) is 7.80. The Hall–Kier alpha value is -3.75. The van der Waals surface area contributed by atoms with Gasteiger partial charge in [-0.1, -0.05) is 0 Å². The van der Waals surface area contributed by atoms with Crippen molar-refractivity contribution in [3.63, 3.8) is 0 Å². The molecule has 1 heterocycles. The summed E-state index contributed by atoms with van der Waals surface area (Å²) in [6.45, 7) is 0.870. The number of amides is 2. The zero-order valence-electron chi connectivity index (χ0n) is 22.3. The molecular weight excluding hydrogens is 574 g/mol. The maximum atomic E-state index is 14.1. The quantitative estimate of drug-likeness (QED) is 0.435. The number of alkyl halides is 3. The second kappa shape index (κ2) is 10.6. The van der Waals surface area contributed by atoms with Gasteiger partial charge in [-0.15, -0.1) is 0 Å². The molecule has 10 nitrogen and oxygen atoms in total. The fourth-order valence-corrected chi connectivity index (χ4v) is 6.34. The van der Waals surface area contributed by atoms with Gasteiger partial charge in [-0.2, -0.15) is 13.2 Å². The lowest BCUT2D eigenvalue weighted by Crippen LogP contribution is -2.60. The van der Waals surface area contributed by atoms with Crippen LogP contribution in [-0.2, 0) is 14.8 Å². The van der Waals surface area contributed by atoms with E-state index in [0.717, 1.165) is 60.7 Å². The van der Waals surface area contributed by atoms with Crippen LogP contribution in [0.5, 0.6) is 11.5 Å². The molecule has 0 saturated heterocycles. The third-order valence-corrected chi connectivity index (χ3v) is 9.13. The van der Waals surface area contributed by atoms with E-state index in [1.807, 2.05) is 0 Å². The summed E-state index contributed by atoms with van der Waals surface area (Å²) in [4.78, 5) is 23.6. The Morgan fingerprint density at radius 3 is 2.39 bits per heavy atom. The van der Waals surface area contributed by atoms with E-state index in [0.29, 0.717) is 13.8 Å². The molecule has 1 aliphatic carbocycles. The normalized spacial score (nSPS) is 18.2. The minimum atomic E-state index is -5.02. The fraction of sp³-hybridized carbons (Fsp3) is 0.462. The van der Waals surface area contributed by atoms with E-state index >= 15 is 0 Å². The lowest BCUT2D eigenvalue weighted by atomic mass is 9.95. The maximum absolute atomic E-state index is 14.1. The number of ether oxygens (including phenoxy) is 2. The van der Waals surface area contributed by atoms with Crippen LogP contribution < -0.4 is 29.5 Å². The summed E-state index contributed by atoms with van der Waals surface area (Å²) in [5.41, 5.74) is 1.82.